The number of thioether (sulfide) groups is 1. The van der Waals surface area contributed by atoms with E-state index in [2.05, 4.69) is 5.32 Å². The van der Waals surface area contributed by atoms with Gasteiger partial charge in [0.25, 0.3) is 0 Å². The smallest absolute Gasteiger partial charge is 0.329 e. The minimum Gasteiger partial charge on any atom is -0.480 e. The Morgan fingerprint density at radius 3 is 2.32 bits per heavy atom. The van der Waals surface area contributed by atoms with Crippen molar-refractivity contribution >= 4 is 23.6 Å². The summed E-state index contributed by atoms with van der Waals surface area (Å²) < 4.78 is 27.5. The number of hydrogen-bond donors (Lipinski definition) is 2. The van der Waals surface area contributed by atoms with Gasteiger partial charge in [-0.3, -0.25) is 4.79 Å². The van der Waals surface area contributed by atoms with E-state index in [0.717, 1.165) is 12.1 Å². The van der Waals surface area contributed by atoms with Gasteiger partial charge >= 0.3 is 5.97 Å². The molecule has 1 unspecified atom stereocenters. The number of aliphatic carboxylic acids is 1. The summed E-state index contributed by atoms with van der Waals surface area (Å²) in [5, 5.41) is 11.9. The molecule has 2 rings (SSSR count). The van der Waals surface area contributed by atoms with Gasteiger partial charge in [0, 0.05) is 5.56 Å². The summed E-state index contributed by atoms with van der Waals surface area (Å²) in [6, 6.07) is 3.37. The van der Waals surface area contributed by atoms with Crippen molar-refractivity contribution < 1.29 is 23.5 Å². The van der Waals surface area contributed by atoms with Crippen molar-refractivity contribution in [3.05, 3.63) is 35.4 Å². The van der Waals surface area contributed by atoms with Crippen molar-refractivity contribution in [2.45, 2.75) is 31.2 Å². The monoisotopic (exact) mass is 329 g/mol. The first-order valence-corrected chi connectivity index (χ1v) is 8.10. The van der Waals surface area contributed by atoms with Crippen LogP contribution in [-0.4, -0.2) is 34.0 Å². The Balaban J connectivity index is 2.22. The lowest BCUT2D eigenvalue weighted by Gasteiger charge is -2.34. The van der Waals surface area contributed by atoms with Crippen LogP contribution in [0.25, 0.3) is 0 Å². The zero-order valence-corrected chi connectivity index (χ0v) is 12.9. The Hall–Kier alpha value is -1.63. The van der Waals surface area contributed by atoms with E-state index < -0.39 is 35.0 Å². The number of carboxylic acids is 1. The molecule has 2 N–H and O–H groups in total. The fraction of sp³-hybridized carbons (Fsp3) is 0.467. The third kappa shape index (κ3) is 3.24. The highest BCUT2D eigenvalue weighted by Gasteiger charge is 2.42. The molecule has 7 heteroatoms. The lowest BCUT2D eigenvalue weighted by atomic mass is 9.90. The fourth-order valence-corrected chi connectivity index (χ4v) is 3.70. The maximum Gasteiger partial charge on any atom is 0.329 e. The number of benzene rings is 1. The molecule has 1 aliphatic rings. The van der Waals surface area contributed by atoms with E-state index in [0.29, 0.717) is 24.3 Å². The highest BCUT2D eigenvalue weighted by atomic mass is 32.2. The summed E-state index contributed by atoms with van der Waals surface area (Å²) in [7, 11) is 0. The number of amides is 1. The van der Waals surface area contributed by atoms with Crippen LogP contribution >= 0.6 is 11.8 Å². The summed E-state index contributed by atoms with van der Waals surface area (Å²) >= 11 is 1.62. The van der Waals surface area contributed by atoms with Gasteiger partial charge in [-0.05, 0) is 43.4 Å². The van der Waals surface area contributed by atoms with Crippen LogP contribution in [0.2, 0.25) is 0 Å². The van der Waals surface area contributed by atoms with Gasteiger partial charge in [-0.2, -0.15) is 11.8 Å². The third-order valence-corrected chi connectivity index (χ3v) is 4.93. The van der Waals surface area contributed by atoms with Crippen molar-refractivity contribution in [3.8, 4) is 0 Å². The highest BCUT2D eigenvalue weighted by molar-refractivity contribution is 7.99. The molecule has 4 nitrogen and oxygen atoms in total. The number of carboxylic acid groups (broad SMARTS) is 1. The van der Waals surface area contributed by atoms with Crippen LogP contribution in [0.15, 0.2) is 18.2 Å². The van der Waals surface area contributed by atoms with E-state index in [9.17, 15) is 23.5 Å². The van der Waals surface area contributed by atoms with E-state index in [4.69, 9.17) is 0 Å². The first kappa shape index (κ1) is 16.7. The Kier molecular flexibility index (Phi) is 5.05. The predicted octanol–water partition coefficient (Wildman–Crippen LogP) is 2.53. The van der Waals surface area contributed by atoms with Crippen LogP contribution in [0.4, 0.5) is 8.78 Å². The summed E-state index contributed by atoms with van der Waals surface area (Å²) in [4.78, 5) is 23.8. The minimum atomic E-state index is -1.35. The van der Waals surface area contributed by atoms with Gasteiger partial charge in [-0.15, -0.1) is 0 Å². The number of carbonyl (C=O) groups is 2. The van der Waals surface area contributed by atoms with Crippen LogP contribution < -0.4 is 5.32 Å². The summed E-state index contributed by atoms with van der Waals surface area (Å²) in [5.41, 5.74) is -1.69. The Morgan fingerprint density at radius 2 is 1.82 bits per heavy atom. The molecule has 0 radical (unpaired) electrons. The topological polar surface area (TPSA) is 66.4 Å². The van der Waals surface area contributed by atoms with Crippen LogP contribution in [-0.2, 0) is 9.59 Å². The zero-order chi connectivity index (χ0) is 16.3. The van der Waals surface area contributed by atoms with Gasteiger partial charge < -0.3 is 10.4 Å². The molecule has 1 aromatic rings. The second kappa shape index (κ2) is 6.64. The fourth-order valence-electron chi connectivity index (χ4n) is 2.51. The third-order valence-electron chi connectivity index (χ3n) is 3.94. The van der Waals surface area contributed by atoms with Gasteiger partial charge in [0.15, 0.2) is 0 Å². The Morgan fingerprint density at radius 1 is 1.27 bits per heavy atom. The number of rotatable bonds is 4. The molecule has 0 saturated carbocycles. The van der Waals surface area contributed by atoms with Gasteiger partial charge in [-0.1, -0.05) is 6.07 Å². The van der Waals surface area contributed by atoms with E-state index in [1.165, 1.54) is 13.0 Å². The average molecular weight is 329 g/mol. The number of halogens is 2. The van der Waals surface area contributed by atoms with E-state index in [-0.39, 0.29) is 5.56 Å². The first-order valence-electron chi connectivity index (χ1n) is 6.94. The van der Waals surface area contributed by atoms with E-state index >= 15 is 0 Å². The number of carbonyl (C=O) groups excluding carboxylic acids is 1. The molecule has 1 heterocycles. The van der Waals surface area contributed by atoms with Crippen molar-refractivity contribution in [2.24, 2.45) is 0 Å². The van der Waals surface area contributed by atoms with Gasteiger partial charge in [0.05, 0.1) is 5.92 Å². The second-order valence-electron chi connectivity index (χ2n) is 5.35. The molecule has 0 bridgehead atoms. The number of hydrogen-bond acceptors (Lipinski definition) is 3. The zero-order valence-electron chi connectivity index (χ0n) is 12.1. The summed E-state index contributed by atoms with van der Waals surface area (Å²) in [6.07, 6.45) is 0.594. The molecule has 1 amide bonds. The normalized spacial score (nSPS) is 18.5. The Bertz CT molecular complexity index is 568. The maximum atomic E-state index is 13.8. The van der Waals surface area contributed by atoms with Crippen LogP contribution in [0.5, 0.6) is 0 Å². The van der Waals surface area contributed by atoms with Crippen molar-refractivity contribution in [2.75, 3.05) is 11.5 Å². The lowest BCUT2D eigenvalue weighted by molar-refractivity contribution is -0.148. The van der Waals surface area contributed by atoms with Crippen molar-refractivity contribution in [1.29, 1.82) is 0 Å². The van der Waals surface area contributed by atoms with Crippen molar-refractivity contribution in [1.82, 2.24) is 5.32 Å². The molecule has 0 aliphatic carbocycles. The molecule has 0 aromatic heterocycles. The highest BCUT2D eigenvalue weighted by Crippen LogP contribution is 2.29. The van der Waals surface area contributed by atoms with Crippen LogP contribution in [0.3, 0.4) is 0 Å². The molecule has 1 saturated heterocycles. The summed E-state index contributed by atoms with van der Waals surface area (Å²) in [5.74, 6) is -3.28. The molecule has 1 aromatic carbocycles. The first-order chi connectivity index (χ1) is 10.4. The standard InChI is InChI=1S/C15H17F2NO3S/c1-9(12-10(16)3-2-4-11(12)17)13(19)18-15(14(20)21)5-7-22-8-6-15/h2-4,9H,5-8H2,1H3,(H,18,19)(H,20,21). The van der Waals surface area contributed by atoms with Gasteiger partial charge in [-0.25, -0.2) is 13.6 Å². The van der Waals surface area contributed by atoms with Gasteiger partial charge in [0.1, 0.15) is 17.2 Å². The summed E-state index contributed by atoms with van der Waals surface area (Å²) in [6.45, 7) is 1.37. The molecule has 120 valence electrons. The number of nitrogens with one attached hydrogen (secondary N) is 1. The largest absolute Gasteiger partial charge is 0.480 e. The predicted molar refractivity (Wildman–Crippen MR) is 79.8 cm³/mol. The van der Waals surface area contributed by atoms with Crippen LogP contribution in [0.1, 0.15) is 31.2 Å². The van der Waals surface area contributed by atoms with E-state index in [1.807, 2.05) is 0 Å². The Labute approximate surface area is 131 Å². The van der Waals surface area contributed by atoms with E-state index in [1.54, 1.807) is 11.8 Å². The maximum absolute atomic E-state index is 13.8. The van der Waals surface area contributed by atoms with Gasteiger partial charge in [0.2, 0.25) is 5.91 Å². The quantitative estimate of drug-likeness (QED) is 0.891. The average Bonchev–Trinajstić information content (AvgIpc) is 2.47. The molecule has 1 fully saturated rings. The molecule has 0 spiro atoms. The molecule has 1 aliphatic heterocycles. The molecule has 22 heavy (non-hydrogen) atoms. The lowest BCUT2D eigenvalue weighted by Crippen LogP contribution is -2.57. The molecular formula is C15H17F2NO3S. The van der Waals surface area contributed by atoms with Crippen LogP contribution in [0, 0.1) is 11.6 Å². The molecular weight excluding hydrogens is 312 g/mol. The molecule has 1 atom stereocenters. The minimum absolute atomic E-state index is 0.297. The van der Waals surface area contributed by atoms with Crippen molar-refractivity contribution in [3.63, 3.8) is 0 Å². The SMILES string of the molecule is CC(C(=O)NC1(C(=O)O)CCSCC1)c1c(F)cccc1F. The second-order valence-corrected chi connectivity index (χ2v) is 6.57.